The molecule has 3 N–H and O–H groups in total. The highest BCUT2D eigenvalue weighted by molar-refractivity contribution is 5.89. The second kappa shape index (κ2) is 6.20. The summed E-state index contributed by atoms with van der Waals surface area (Å²) in [5.74, 6) is 0.923. The fraction of sp³-hybridized carbons (Fsp3) is 0.278. The number of nitrogens with one attached hydrogen (secondary N) is 1. The third-order valence-electron chi connectivity index (χ3n) is 4.05. The molecule has 0 aliphatic heterocycles. The molecular weight excluding hydrogens is 286 g/mol. The van der Waals surface area contributed by atoms with E-state index >= 15 is 0 Å². The minimum atomic E-state index is 0.226. The van der Waals surface area contributed by atoms with E-state index in [2.05, 4.69) is 47.3 Å². The van der Waals surface area contributed by atoms with Gasteiger partial charge in [-0.1, -0.05) is 32.0 Å². The molecule has 1 aromatic carbocycles. The molecule has 0 radical (unpaired) electrons. The number of nitrogens with zero attached hydrogens (tertiary/aromatic N) is 3. The van der Waals surface area contributed by atoms with Crippen LogP contribution in [-0.4, -0.2) is 22.0 Å². The summed E-state index contributed by atoms with van der Waals surface area (Å²) in [5.41, 5.74) is 11.1. The molecule has 0 bridgehead atoms. The van der Waals surface area contributed by atoms with Gasteiger partial charge in [-0.25, -0.2) is 4.98 Å². The smallest absolute Gasteiger partial charge is 0.224 e. The van der Waals surface area contributed by atoms with E-state index in [4.69, 9.17) is 10.7 Å². The summed E-state index contributed by atoms with van der Waals surface area (Å²) in [6.45, 7) is 4.33. The summed E-state index contributed by atoms with van der Waals surface area (Å²) in [6.07, 6.45) is 2.00. The van der Waals surface area contributed by atoms with Crippen LogP contribution in [0.1, 0.15) is 25.0 Å². The molecule has 0 atom stereocenters. The first kappa shape index (κ1) is 15.2. The van der Waals surface area contributed by atoms with Crippen LogP contribution in [0.4, 0.5) is 11.8 Å². The largest absolute Gasteiger partial charge is 0.372 e. The SMILES string of the molecule is CCc1ccc(-c2ccc3c(NC)nc(N)nc3n2)c(CC)c1. The van der Waals surface area contributed by atoms with Crippen LogP contribution in [0.3, 0.4) is 0 Å². The topological polar surface area (TPSA) is 76.7 Å². The molecule has 3 aromatic rings. The monoisotopic (exact) mass is 307 g/mol. The first-order valence-electron chi connectivity index (χ1n) is 7.90. The molecule has 0 fully saturated rings. The average molecular weight is 307 g/mol. The van der Waals surface area contributed by atoms with Crippen molar-refractivity contribution in [3.8, 4) is 11.3 Å². The van der Waals surface area contributed by atoms with E-state index in [9.17, 15) is 0 Å². The zero-order valence-electron chi connectivity index (χ0n) is 13.7. The number of nitrogen functional groups attached to an aromatic ring is 1. The van der Waals surface area contributed by atoms with Crippen molar-refractivity contribution in [3.63, 3.8) is 0 Å². The normalized spacial score (nSPS) is 10.9. The predicted molar refractivity (Wildman–Crippen MR) is 95.5 cm³/mol. The molecule has 118 valence electrons. The highest BCUT2D eigenvalue weighted by Gasteiger charge is 2.11. The van der Waals surface area contributed by atoms with E-state index in [-0.39, 0.29) is 5.95 Å². The standard InChI is InChI=1S/C18H21N5/c1-4-11-6-7-13(12(5-2)10-11)15-9-8-14-16(20-3)22-18(19)23-17(14)21-15/h6-10H,4-5H2,1-3H3,(H3,19,20,21,22,23). The number of nitrogens with two attached hydrogens (primary N) is 1. The Morgan fingerprint density at radius 2 is 1.83 bits per heavy atom. The molecule has 2 heterocycles. The minimum Gasteiger partial charge on any atom is -0.372 e. The fourth-order valence-corrected chi connectivity index (χ4v) is 2.78. The molecule has 5 heteroatoms. The Morgan fingerprint density at radius 1 is 1.00 bits per heavy atom. The average Bonchev–Trinajstić information content (AvgIpc) is 2.59. The zero-order chi connectivity index (χ0) is 16.4. The lowest BCUT2D eigenvalue weighted by atomic mass is 9.98. The second-order valence-corrected chi connectivity index (χ2v) is 5.45. The first-order valence-corrected chi connectivity index (χ1v) is 7.90. The van der Waals surface area contributed by atoms with Crippen molar-refractivity contribution in [3.05, 3.63) is 41.5 Å². The maximum absolute atomic E-state index is 5.78. The Balaban J connectivity index is 2.17. The number of aryl methyl sites for hydroxylation is 2. The lowest BCUT2D eigenvalue weighted by molar-refractivity contribution is 1.08. The van der Waals surface area contributed by atoms with Crippen LogP contribution in [0.5, 0.6) is 0 Å². The van der Waals surface area contributed by atoms with E-state index in [0.29, 0.717) is 11.5 Å². The molecule has 0 amide bonds. The Bertz CT molecular complexity index is 857. The van der Waals surface area contributed by atoms with Crippen LogP contribution >= 0.6 is 0 Å². The van der Waals surface area contributed by atoms with Gasteiger partial charge in [0.1, 0.15) is 5.82 Å². The maximum atomic E-state index is 5.78. The number of hydrogen-bond acceptors (Lipinski definition) is 5. The van der Waals surface area contributed by atoms with E-state index in [1.165, 1.54) is 11.1 Å². The Labute approximate surface area is 136 Å². The van der Waals surface area contributed by atoms with Gasteiger partial charge in [-0.2, -0.15) is 9.97 Å². The van der Waals surface area contributed by atoms with E-state index in [0.717, 1.165) is 29.5 Å². The van der Waals surface area contributed by atoms with Gasteiger partial charge in [0.15, 0.2) is 5.65 Å². The van der Waals surface area contributed by atoms with Crippen molar-refractivity contribution in [2.24, 2.45) is 0 Å². The molecule has 0 aliphatic rings. The highest BCUT2D eigenvalue weighted by Crippen LogP contribution is 2.27. The first-order chi connectivity index (χ1) is 11.2. The van der Waals surface area contributed by atoms with Crippen molar-refractivity contribution in [2.45, 2.75) is 26.7 Å². The quantitative estimate of drug-likeness (QED) is 0.772. The van der Waals surface area contributed by atoms with Crippen molar-refractivity contribution in [2.75, 3.05) is 18.1 Å². The van der Waals surface area contributed by atoms with Gasteiger partial charge in [0.05, 0.1) is 11.1 Å². The molecule has 0 saturated heterocycles. The third-order valence-corrected chi connectivity index (χ3v) is 4.05. The summed E-state index contributed by atoms with van der Waals surface area (Å²) < 4.78 is 0. The van der Waals surface area contributed by atoms with Crippen LogP contribution in [0.25, 0.3) is 22.3 Å². The van der Waals surface area contributed by atoms with Crippen molar-refractivity contribution < 1.29 is 0 Å². The molecular formula is C18H21N5. The summed E-state index contributed by atoms with van der Waals surface area (Å²) in [4.78, 5) is 13.2. The number of benzene rings is 1. The summed E-state index contributed by atoms with van der Waals surface area (Å²) in [6, 6.07) is 10.6. The van der Waals surface area contributed by atoms with Gasteiger partial charge in [0, 0.05) is 12.6 Å². The molecule has 5 nitrogen and oxygen atoms in total. The van der Waals surface area contributed by atoms with Crippen LogP contribution in [0, 0.1) is 0 Å². The lowest BCUT2D eigenvalue weighted by Crippen LogP contribution is -2.02. The summed E-state index contributed by atoms with van der Waals surface area (Å²) in [5, 5.41) is 3.91. The molecule has 0 saturated carbocycles. The molecule has 2 aromatic heterocycles. The van der Waals surface area contributed by atoms with Gasteiger partial charge in [0.25, 0.3) is 0 Å². The van der Waals surface area contributed by atoms with Gasteiger partial charge < -0.3 is 11.1 Å². The lowest BCUT2D eigenvalue weighted by Gasteiger charge is -2.11. The van der Waals surface area contributed by atoms with Gasteiger partial charge in [0.2, 0.25) is 5.95 Å². The third kappa shape index (κ3) is 2.82. The molecule has 0 spiro atoms. The number of pyridine rings is 1. The molecule has 0 aliphatic carbocycles. The van der Waals surface area contributed by atoms with Gasteiger partial charge >= 0.3 is 0 Å². The second-order valence-electron chi connectivity index (χ2n) is 5.45. The fourth-order valence-electron chi connectivity index (χ4n) is 2.78. The number of aromatic nitrogens is 3. The van der Waals surface area contributed by atoms with Gasteiger partial charge in [-0.05, 0) is 36.1 Å². The Hall–Kier alpha value is -2.69. The van der Waals surface area contributed by atoms with Crippen LogP contribution < -0.4 is 11.1 Å². The molecule has 3 rings (SSSR count). The summed E-state index contributed by atoms with van der Waals surface area (Å²) in [7, 11) is 1.81. The maximum Gasteiger partial charge on any atom is 0.224 e. The minimum absolute atomic E-state index is 0.226. The molecule has 23 heavy (non-hydrogen) atoms. The number of rotatable bonds is 4. The van der Waals surface area contributed by atoms with Crippen LogP contribution in [-0.2, 0) is 12.8 Å². The molecule has 0 unspecified atom stereocenters. The van der Waals surface area contributed by atoms with Crippen molar-refractivity contribution in [1.82, 2.24) is 15.0 Å². The Kier molecular flexibility index (Phi) is 4.10. The van der Waals surface area contributed by atoms with Crippen LogP contribution in [0.15, 0.2) is 30.3 Å². The van der Waals surface area contributed by atoms with E-state index in [1.807, 2.05) is 19.2 Å². The highest BCUT2D eigenvalue weighted by atomic mass is 15.1. The van der Waals surface area contributed by atoms with Gasteiger partial charge in [-0.3, -0.25) is 0 Å². The van der Waals surface area contributed by atoms with E-state index < -0.39 is 0 Å². The van der Waals surface area contributed by atoms with E-state index in [1.54, 1.807) is 0 Å². The number of fused-ring (bicyclic) bond motifs is 1. The summed E-state index contributed by atoms with van der Waals surface area (Å²) >= 11 is 0. The predicted octanol–water partition coefficient (Wildman–Crippen LogP) is 3.44. The number of anilines is 2. The Morgan fingerprint density at radius 3 is 2.52 bits per heavy atom. The van der Waals surface area contributed by atoms with Crippen LogP contribution in [0.2, 0.25) is 0 Å². The van der Waals surface area contributed by atoms with Crippen molar-refractivity contribution in [1.29, 1.82) is 0 Å². The van der Waals surface area contributed by atoms with Crippen molar-refractivity contribution >= 4 is 22.8 Å². The number of hydrogen-bond donors (Lipinski definition) is 2. The zero-order valence-corrected chi connectivity index (χ0v) is 13.7. The van der Waals surface area contributed by atoms with Gasteiger partial charge in [-0.15, -0.1) is 0 Å².